The second-order valence-electron chi connectivity index (χ2n) is 5.94. The Hall–Kier alpha value is -3.35. The summed E-state index contributed by atoms with van der Waals surface area (Å²) in [5.41, 5.74) is 2.18. The van der Waals surface area contributed by atoms with E-state index in [4.69, 9.17) is 9.47 Å². The van der Waals surface area contributed by atoms with Crippen molar-refractivity contribution in [2.75, 3.05) is 26.1 Å². The molecule has 1 aromatic heterocycles. The SMILES string of the molecule is COc1ccc(-n2nnc(C(C)=O)c2NCCc2ccccc2OC)cc1. The molecule has 0 saturated carbocycles. The first-order valence-electron chi connectivity index (χ1n) is 8.61. The number of hydrogen-bond donors (Lipinski definition) is 1. The van der Waals surface area contributed by atoms with Gasteiger partial charge in [0.25, 0.3) is 0 Å². The Labute approximate surface area is 157 Å². The molecule has 0 amide bonds. The molecule has 1 heterocycles. The van der Waals surface area contributed by atoms with Crippen LogP contribution in [-0.2, 0) is 6.42 Å². The molecule has 7 nitrogen and oxygen atoms in total. The van der Waals surface area contributed by atoms with Crippen molar-refractivity contribution in [2.24, 2.45) is 0 Å². The molecule has 1 N–H and O–H groups in total. The number of methoxy groups -OCH3 is 2. The number of nitrogens with zero attached hydrogens (tertiary/aromatic N) is 3. The van der Waals surface area contributed by atoms with E-state index in [1.807, 2.05) is 48.5 Å². The molecule has 0 bridgehead atoms. The maximum absolute atomic E-state index is 11.9. The molecule has 0 saturated heterocycles. The maximum atomic E-state index is 11.9. The molecule has 2 aromatic carbocycles. The average molecular weight is 366 g/mol. The van der Waals surface area contributed by atoms with Gasteiger partial charge in [0.05, 0.1) is 19.9 Å². The first kappa shape index (κ1) is 18.4. The first-order chi connectivity index (χ1) is 13.1. The maximum Gasteiger partial charge on any atom is 0.183 e. The van der Waals surface area contributed by atoms with E-state index in [2.05, 4.69) is 15.6 Å². The summed E-state index contributed by atoms with van der Waals surface area (Å²) in [7, 11) is 3.27. The fraction of sp³-hybridized carbons (Fsp3) is 0.250. The third-order valence-electron chi connectivity index (χ3n) is 4.20. The van der Waals surface area contributed by atoms with Crippen LogP contribution in [0.1, 0.15) is 23.0 Å². The summed E-state index contributed by atoms with van der Waals surface area (Å²) in [5.74, 6) is 2.02. The van der Waals surface area contributed by atoms with Crippen molar-refractivity contribution in [1.82, 2.24) is 15.0 Å². The third-order valence-corrected chi connectivity index (χ3v) is 4.20. The molecular formula is C20H22N4O3. The highest BCUT2D eigenvalue weighted by Crippen LogP contribution is 2.22. The summed E-state index contributed by atoms with van der Waals surface area (Å²) in [6.07, 6.45) is 0.731. The zero-order chi connectivity index (χ0) is 19.2. The Morgan fingerprint density at radius 1 is 1.07 bits per heavy atom. The minimum atomic E-state index is -0.144. The van der Waals surface area contributed by atoms with Crippen molar-refractivity contribution >= 4 is 11.6 Å². The van der Waals surface area contributed by atoms with Gasteiger partial charge in [-0.3, -0.25) is 4.79 Å². The van der Waals surface area contributed by atoms with Crippen LogP contribution in [0.2, 0.25) is 0 Å². The molecule has 27 heavy (non-hydrogen) atoms. The highest BCUT2D eigenvalue weighted by Gasteiger charge is 2.17. The van der Waals surface area contributed by atoms with Gasteiger partial charge >= 0.3 is 0 Å². The van der Waals surface area contributed by atoms with Crippen molar-refractivity contribution in [3.63, 3.8) is 0 Å². The summed E-state index contributed by atoms with van der Waals surface area (Å²) in [5, 5.41) is 11.5. The minimum Gasteiger partial charge on any atom is -0.497 e. The highest BCUT2D eigenvalue weighted by atomic mass is 16.5. The second-order valence-corrected chi connectivity index (χ2v) is 5.94. The molecule has 0 spiro atoms. The van der Waals surface area contributed by atoms with Crippen molar-refractivity contribution in [3.05, 3.63) is 59.8 Å². The van der Waals surface area contributed by atoms with Gasteiger partial charge in [-0.25, -0.2) is 0 Å². The quantitative estimate of drug-likeness (QED) is 0.617. The number of rotatable bonds is 8. The molecular weight excluding hydrogens is 344 g/mol. The van der Waals surface area contributed by atoms with Crippen molar-refractivity contribution < 1.29 is 14.3 Å². The largest absolute Gasteiger partial charge is 0.497 e. The van der Waals surface area contributed by atoms with Crippen LogP contribution in [0.25, 0.3) is 5.69 Å². The van der Waals surface area contributed by atoms with E-state index >= 15 is 0 Å². The number of ether oxygens (including phenoxy) is 2. The van der Waals surface area contributed by atoms with E-state index in [1.54, 1.807) is 18.9 Å². The number of ketones is 1. The van der Waals surface area contributed by atoms with E-state index in [-0.39, 0.29) is 5.78 Å². The normalized spacial score (nSPS) is 10.5. The lowest BCUT2D eigenvalue weighted by atomic mass is 10.1. The number of carbonyl (C=O) groups is 1. The number of para-hydroxylation sites is 1. The van der Waals surface area contributed by atoms with Gasteiger partial charge in [-0.1, -0.05) is 23.4 Å². The topological polar surface area (TPSA) is 78.3 Å². The lowest BCUT2D eigenvalue weighted by Gasteiger charge is -2.12. The van der Waals surface area contributed by atoms with Gasteiger partial charge in [-0.05, 0) is 42.3 Å². The number of Topliss-reactive ketones (excluding diaryl/α,β-unsaturated/α-hetero) is 1. The summed E-state index contributed by atoms with van der Waals surface area (Å²) in [6, 6.07) is 15.3. The molecule has 3 rings (SSSR count). The van der Waals surface area contributed by atoms with Crippen LogP contribution in [0.5, 0.6) is 11.5 Å². The van der Waals surface area contributed by atoms with Crippen LogP contribution in [0, 0.1) is 0 Å². The standard InChI is InChI=1S/C20H22N4O3/c1-14(25)19-20(21-13-12-15-6-4-5-7-18(15)27-3)24(23-22-19)16-8-10-17(26-2)11-9-16/h4-11,21H,12-13H2,1-3H3. The fourth-order valence-electron chi connectivity index (χ4n) is 2.81. The predicted molar refractivity (Wildman–Crippen MR) is 103 cm³/mol. The Kier molecular flexibility index (Phi) is 5.71. The Bertz CT molecular complexity index is 919. The molecule has 3 aromatic rings. The summed E-state index contributed by atoms with van der Waals surface area (Å²) in [6.45, 7) is 2.08. The number of aromatic nitrogens is 3. The van der Waals surface area contributed by atoms with Crippen molar-refractivity contribution in [3.8, 4) is 17.2 Å². The van der Waals surface area contributed by atoms with Crippen LogP contribution in [0.15, 0.2) is 48.5 Å². The number of benzene rings is 2. The Morgan fingerprint density at radius 3 is 2.48 bits per heavy atom. The van der Waals surface area contributed by atoms with Gasteiger partial charge in [-0.15, -0.1) is 5.10 Å². The molecule has 140 valence electrons. The van der Waals surface area contributed by atoms with Crippen molar-refractivity contribution in [1.29, 1.82) is 0 Å². The number of anilines is 1. The van der Waals surface area contributed by atoms with Crippen LogP contribution < -0.4 is 14.8 Å². The smallest absolute Gasteiger partial charge is 0.183 e. The Balaban J connectivity index is 1.82. The molecule has 0 unspecified atom stereocenters. The summed E-state index contributed by atoms with van der Waals surface area (Å²) in [4.78, 5) is 11.9. The highest BCUT2D eigenvalue weighted by molar-refractivity contribution is 5.96. The van der Waals surface area contributed by atoms with E-state index in [1.165, 1.54) is 6.92 Å². The second kappa shape index (κ2) is 8.35. The van der Waals surface area contributed by atoms with Crippen LogP contribution in [0.3, 0.4) is 0 Å². The van der Waals surface area contributed by atoms with Gasteiger partial charge in [0.15, 0.2) is 17.3 Å². The molecule has 0 aliphatic rings. The lowest BCUT2D eigenvalue weighted by Crippen LogP contribution is -2.12. The van der Waals surface area contributed by atoms with Gasteiger partial charge < -0.3 is 14.8 Å². The Morgan fingerprint density at radius 2 is 1.81 bits per heavy atom. The fourth-order valence-corrected chi connectivity index (χ4v) is 2.81. The zero-order valence-corrected chi connectivity index (χ0v) is 15.6. The number of hydrogen-bond acceptors (Lipinski definition) is 6. The van der Waals surface area contributed by atoms with E-state index in [9.17, 15) is 4.79 Å². The number of carbonyl (C=O) groups excluding carboxylic acids is 1. The zero-order valence-electron chi connectivity index (χ0n) is 15.6. The van der Waals surface area contributed by atoms with Crippen LogP contribution in [0.4, 0.5) is 5.82 Å². The third kappa shape index (κ3) is 4.08. The van der Waals surface area contributed by atoms with Crippen molar-refractivity contribution in [2.45, 2.75) is 13.3 Å². The molecule has 0 radical (unpaired) electrons. The van der Waals surface area contributed by atoms with Gasteiger partial charge in [0, 0.05) is 13.5 Å². The summed E-state index contributed by atoms with van der Waals surface area (Å²) < 4.78 is 12.2. The minimum absolute atomic E-state index is 0.144. The molecule has 0 aliphatic carbocycles. The van der Waals surface area contributed by atoms with Gasteiger partial charge in [-0.2, -0.15) is 4.68 Å². The molecule has 0 aliphatic heterocycles. The van der Waals surface area contributed by atoms with Crippen LogP contribution >= 0.6 is 0 Å². The molecule has 0 atom stereocenters. The summed E-state index contributed by atoms with van der Waals surface area (Å²) >= 11 is 0. The van der Waals surface area contributed by atoms with Gasteiger partial charge in [0.1, 0.15) is 11.5 Å². The molecule has 0 fully saturated rings. The predicted octanol–water partition coefficient (Wildman–Crippen LogP) is 3.14. The van der Waals surface area contributed by atoms with E-state index < -0.39 is 0 Å². The van der Waals surface area contributed by atoms with E-state index in [0.717, 1.165) is 29.2 Å². The number of nitrogens with one attached hydrogen (secondary N) is 1. The first-order valence-corrected chi connectivity index (χ1v) is 8.61. The lowest BCUT2D eigenvalue weighted by molar-refractivity contribution is 0.101. The van der Waals surface area contributed by atoms with E-state index in [0.29, 0.717) is 18.1 Å². The van der Waals surface area contributed by atoms with Crippen LogP contribution in [-0.4, -0.2) is 41.5 Å². The average Bonchev–Trinajstić information content (AvgIpc) is 3.12. The monoisotopic (exact) mass is 366 g/mol. The van der Waals surface area contributed by atoms with Gasteiger partial charge in [0.2, 0.25) is 0 Å². The molecule has 7 heteroatoms.